The molecule has 0 spiro atoms. The Morgan fingerprint density at radius 1 is 1.25 bits per heavy atom. The molecule has 1 aliphatic rings. The van der Waals surface area contributed by atoms with Gasteiger partial charge in [0, 0.05) is 33.0 Å². The molecule has 1 aliphatic heterocycles. The Kier molecular flexibility index (Phi) is 4.63. The lowest BCUT2D eigenvalue weighted by atomic mass is 10.3. The molecule has 3 heterocycles. The standard InChI is InChI=1S/C15H19N5O3S/c1-19(2)14-9-17-10-15(18-14)23-12-5-7-20(11-12)24(21,22)13-4-3-6-16-8-13/h3-4,6,8-10,12H,5,7,11H2,1-2H3. The van der Waals surface area contributed by atoms with Gasteiger partial charge in [0.15, 0.2) is 5.82 Å². The van der Waals surface area contributed by atoms with Crippen molar-refractivity contribution in [3.63, 3.8) is 0 Å². The fourth-order valence-corrected chi connectivity index (χ4v) is 3.89. The van der Waals surface area contributed by atoms with E-state index in [1.165, 1.54) is 16.7 Å². The Balaban J connectivity index is 1.69. The molecule has 0 radical (unpaired) electrons. The van der Waals surface area contributed by atoms with Crippen molar-refractivity contribution in [1.82, 2.24) is 19.3 Å². The smallest absolute Gasteiger partial charge is 0.244 e. The maximum absolute atomic E-state index is 12.6. The van der Waals surface area contributed by atoms with Crippen LogP contribution in [-0.4, -0.2) is 61.0 Å². The van der Waals surface area contributed by atoms with Crippen molar-refractivity contribution in [3.8, 4) is 5.88 Å². The Morgan fingerprint density at radius 2 is 2.08 bits per heavy atom. The van der Waals surface area contributed by atoms with E-state index in [2.05, 4.69) is 15.0 Å². The minimum atomic E-state index is -3.54. The zero-order valence-electron chi connectivity index (χ0n) is 13.5. The molecule has 0 bridgehead atoms. The fourth-order valence-electron chi connectivity index (χ4n) is 2.44. The number of hydrogen-bond donors (Lipinski definition) is 0. The Labute approximate surface area is 141 Å². The normalized spacial score (nSPS) is 18.5. The van der Waals surface area contributed by atoms with Crippen molar-refractivity contribution in [1.29, 1.82) is 0 Å². The van der Waals surface area contributed by atoms with Crippen molar-refractivity contribution in [2.75, 3.05) is 32.1 Å². The lowest BCUT2D eigenvalue weighted by molar-refractivity contribution is 0.206. The van der Waals surface area contributed by atoms with Gasteiger partial charge in [-0.15, -0.1) is 0 Å². The van der Waals surface area contributed by atoms with E-state index < -0.39 is 10.0 Å². The van der Waals surface area contributed by atoms with Crippen LogP contribution in [0.15, 0.2) is 41.8 Å². The molecule has 1 atom stereocenters. The molecule has 0 aromatic carbocycles. The van der Waals surface area contributed by atoms with Crippen LogP contribution in [0.25, 0.3) is 0 Å². The van der Waals surface area contributed by atoms with E-state index in [9.17, 15) is 8.42 Å². The molecule has 1 saturated heterocycles. The quantitative estimate of drug-likeness (QED) is 0.788. The van der Waals surface area contributed by atoms with Gasteiger partial charge in [0.2, 0.25) is 15.9 Å². The summed E-state index contributed by atoms with van der Waals surface area (Å²) in [6.45, 7) is 0.688. The van der Waals surface area contributed by atoms with Gasteiger partial charge in [0.25, 0.3) is 0 Å². The third-order valence-electron chi connectivity index (χ3n) is 3.73. The van der Waals surface area contributed by atoms with Crippen LogP contribution in [0, 0.1) is 0 Å². The van der Waals surface area contributed by atoms with E-state index in [4.69, 9.17) is 4.74 Å². The van der Waals surface area contributed by atoms with E-state index in [0.717, 1.165) is 0 Å². The first-order valence-corrected chi connectivity index (χ1v) is 8.97. The second kappa shape index (κ2) is 6.70. The van der Waals surface area contributed by atoms with E-state index in [1.54, 1.807) is 24.5 Å². The van der Waals surface area contributed by atoms with Crippen molar-refractivity contribution >= 4 is 15.8 Å². The molecule has 1 unspecified atom stereocenters. The molecule has 0 aliphatic carbocycles. The summed E-state index contributed by atoms with van der Waals surface area (Å²) in [5, 5.41) is 0. The third-order valence-corrected chi connectivity index (χ3v) is 5.57. The molecule has 24 heavy (non-hydrogen) atoms. The van der Waals surface area contributed by atoms with Gasteiger partial charge >= 0.3 is 0 Å². The summed E-state index contributed by atoms with van der Waals surface area (Å²) in [6, 6.07) is 3.15. The molecular weight excluding hydrogens is 330 g/mol. The van der Waals surface area contributed by atoms with Gasteiger partial charge in [-0.3, -0.25) is 9.97 Å². The van der Waals surface area contributed by atoms with Crippen molar-refractivity contribution < 1.29 is 13.2 Å². The van der Waals surface area contributed by atoms with Crippen LogP contribution in [0.1, 0.15) is 6.42 Å². The van der Waals surface area contributed by atoms with Crippen LogP contribution >= 0.6 is 0 Å². The number of sulfonamides is 1. The van der Waals surface area contributed by atoms with Crippen molar-refractivity contribution in [3.05, 3.63) is 36.9 Å². The summed E-state index contributed by atoms with van der Waals surface area (Å²) in [6.07, 6.45) is 6.43. The Bertz CT molecular complexity index is 798. The van der Waals surface area contributed by atoms with Gasteiger partial charge in [0.05, 0.1) is 18.9 Å². The molecule has 128 valence electrons. The summed E-state index contributed by atoms with van der Waals surface area (Å²) in [7, 11) is 0.194. The molecule has 2 aromatic heterocycles. The highest BCUT2D eigenvalue weighted by Gasteiger charge is 2.34. The zero-order valence-corrected chi connectivity index (χ0v) is 14.3. The average molecular weight is 349 g/mol. The largest absolute Gasteiger partial charge is 0.472 e. The fraction of sp³-hybridized carbons (Fsp3) is 0.400. The van der Waals surface area contributed by atoms with Gasteiger partial charge < -0.3 is 9.64 Å². The molecular formula is C15H19N5O3S. The maximum Gasteiger partial charge on any atom is 0.244 e. The molecule has 8 nitrogen and oxygen atoms in total. The molecule has 9 heteroatoms. The summed E-state index contributed by atoms with van der Waals surface area (Å²) < 4.78 is 32.4. The molecule has 0 amide bonds. The molecule has 3 rings (SSSR count). The number of nitrogens with zero attached hydrogens (tertiary/aromatic N) is 5. The molecule has 2 aromatic rings. The predicted molar refractivity (Wildman–Crippen MR) is 88.4 cm³/mol. The summed E-state index contributed by atoms with van der Waals surface area (Å²) in [5.41, 5.74) is 0. The second-order valence-corrected chi connectivity index (χ2v) is 7.63. The van der Waals surface area contributed by atoms with Crippen LogP contribution in [0.2, 0.25) is 0 Å². The minimum Gasteiger partial charge on any atom is -0.472 e. The minimum absolute atomic E-state index is 0.194. The van der Waals surface area contributed by atoms with Crippen LogP contribution < -0.4 is 9.64 Å². The number of ether oxygens (including phenoxy) is 1. The highest BCUT2D eigenvalue weighted by atomic mass is 32.2. The van der Waals surface area contributed by atoms with Gasteiger partial charge in [0.1, 0.15) is 11.0 Å². The molecule has 1 fully saturated rings. The van der Waals surface area contributed by atoms with Crippen LogP contribution in [0.5, 0.6) is 5.88 Å². The SMILES string of the molecule is CN(C)c1cncc(OC2CCN(S(=O)(=O)c3cccnc3)C2)n1. The van der Waals surface area contributed by atoms with E-state index in [-0.39, 0.29) is 17.5 Å². The predicted octanol–water partition coefficient (Wildman–Crippen LogP) is 0.780. The highest BCUT2D eigenvalue weighted by molar-refractivity contribution is 7.89. The average Bonchev–Trinajstić information content (AvgIpc) is 3.05. The first-order valence-electron chi connectivity index (χ1n) is 7.53. The molecule has 0 N–H and O–H groups in total. The van der Waals surface area contributed by atoms with Crippen LogP contribution in [0.4, 0.5) is 5.82 Å². The summed E-state index contributed by atoms with van der Waals surface area (Å²) in [5.74, 6) is 1.08. The number of aromatic nitrogens is 3. The van der Waals surface area contributed by atoms with Gasteiger partial charge in [-0.2, -0.15) is 9.29 Å². The zero-order chi connectivity index (χ0) is 17.2. The van der Waals surface area contributed by atoms with Crippen molar-refractivity contribution in [2.45, 2.75) is 17.4 Å². The monoisotopic (exact) mass is 349 g/mol. The topological polar surface area (TPSA) is 88.5 Å². The van der Waals surface area contributed by atoms with Gasteiger partial charge in [-0.05, 0) is 18.6 Å². The van der Waals surface area contributed by atoms with Gasteiger partial charge in [-0.1, -0.05) is 0 Å². The summed E-state index contributed by atoms with van der Waals surface area (Å²) >= 11 is 0. The Morgan fingerprint density at radius 3 is 2.79 bits per heavy atom. The lowest BCUT2D eigenvalue weighted by Gasteiger charge is -2.17. The summed E-state index contributed by atoms with van der Waals surface area (Å²) in [4.78, 5) is 14.3. The van der Waals surface area contributed by atoms with E-state index in [1.807, 2.05) is 19.0 Å². The number of pyridine rings is 1. The van der Waals surface area contributed by atoms with Crippen LogP contribution in [-0.2, 0) is 10.0 Å². The second-order valence-electron chi connectivity index (χ2n) is 5.69. The molecule has 0 saturated carbocycles. The first kappa shape index (κ1) is 16.6. The van der Waals surface area contributed by atoms with Crippen LogP contribution in [0.3, 0.4) is 0 Å². The van der Waals surface area contributed by atoms with E-state index >= 15 is 0 Å². The van der Waals surface area contributed by atoms with E-state index in [0.29, 0.717) is 24.7 Å². The number of anilines is 1. The number of hydrogen-bond acceptors (Lipinski definition) is 7. The highest BCUT2D eigenvalue weighted by Crippen LogP contribution is 2.23. The van der Waals surface area contributed by atoms with Gasteiger partial charge in [-0.25, -0.2) is 8.42 Å². The third kappa shape index (κ3) is 3.46. The first-order chi connectivity index (χ1) is 11.5. The lowest BCUT2D eigenvalue weighted by Crippen LogP contribution is -2.31. The maximum atomic E-state index is 12.6. The Hall–Kier alpha value is -2.26. The van der Waals surface area contributed by atoms with Crippen molar-refractivity contribution in [2.24, 2.45) is 0 Å². The number of rotatable bonds is 5.